The summed E-state index contributed by atoms with van der Waals surface area (Å²) in [5.41, 5.74) is 0. The maximum absolute atomic E-state index is 11.7. The largest absolute Gasteiger partial charge is 0.504 e. The number of ether oxygens (including phenoxy) is 3. The standard InChI is InChI=1S/C25H44O9P/c1-35(30)34-22-14-6-9-17-25(29)33-21-13-5-8-16-24(28)32-20-12-4-7-15-23(27)31-19-11-3-2-10-18-26/h18H,2-17,19-22H2,1H3/q+1. The number of carbonyl (C=O) groups is 4. The van der Waals surface area contributed by atoms with E-state index < -0.39 is 8.03 Å². The molecule has 0 aliphatic carbocycles. The van der Waals surface area contributed by atoms with Crippen molar-refractivity contribution in [3.05, 3.63) is 0 Å². The topological polar surface area (TPSA) is 122 Å². The summed E-state index contributed by atoms with van der Waals surface area (Å²) in [6.45, 7) is 3.08. The molecule has 0 N–H and O–H groups in total. The fourth-order valence-corrected chi connectivity index (χ4v) is 3.50. The van der Waals surface area contributed by atoms with E-state index in [-0.39, 0.29) is 17.9 Å². The van der Waals surface area contributed by atoms with Gasteiger partial charge in [0.15, 0.2) is 6.66 Å². The summed E-state index contributed by atoms with van der Waals surface area (Å²) in [5, 5.41) is 0. The highest BCUT2D eigenvalue weighted by molar-refractivity contribution is 7.38. The van der Waals surface area contributed by atoms with E-state index in [1.807, 2.05) is 0 Å². The lowest BCUT2D eigenvalue weighted by molar-refractivity contribution is -0.145. The van der Waals surface area contributed by atoms with E-state index in [4.69, 9.17) is 18.7 Å². The molecule has 0 saturated heterocycles. The van der Waals surface area contributed by atoms with Crippen molar-refractivity contribution in [1.29, 1.82) is 0 Å². The minimum absolute atomic E-state index is 0.208. The van der Waals surface area contributed by atoms with Crippen LogP contribution in [0.3, 0.4) is 0 Å². The molecule has 0 saturated carbocycles. The van der Waals surface area contributed by atoms with Crippen LogP contribution in [0.5, 0.6) is 0 Å². The number of esters is 3. The van der Waals surface area contributed by atoms with Gasteiger partial charge in [-0.25, -0.2) is 0 Å². The fraction of sp³-hybridized carbons (Fsp3) is 0.840. The molecule has 0 aromatic heterocycles. The Labute approximate surface area is 210 Å². The molecule has 0 bridgehead atoms. The molecule has 1 unspecified atom stereocenters. The van der Waals surface area contributed by atoms with Crippen molar-refractivity contribution in [3.63, 3.8) is 0 Å². The molecule has 0 aliphatic rings. The van der Waals surface area contributed by atoms with Gasteiger partial charge in [0.1, 0.15) is 12.9 Å². The minimum atomic E-state index is -1.55. The van der Waals surface area contributed by atoms with Crippen molar-refractivity contribution in [2.24, 2.45) is 0 Å². The summed E-state index contributed by atoms with van der Waals surface area (Å²) in [6, 6.07) is 0. The highest BCUT2D eigenvalue weighted by Crippen LogP contribution is 2.16. The zero-order valence-corrected chi connectivity index (χ0v) is 22.2. The summed E-state index contributed by atoms with van der Waals surface area (Å²) in [4.78, 5) is 45.2. The molecular weight excluding hydrogens is 475 g/mol. The van der Waals surface area contributed by atoms with Crippen LogP contribution in [0.4, 0.5) is 0 Å². The van der Waals surface area contributed by atoms with E-state index in [2.05, 4.69) is 0 Å². The van der Waals surface area contributed by atoms with Crippen LogP contribution < -0.4 is 0 Å². The lowest BCUT2D eigenvalue weighted by Crippen LogP contribution is -2.08. The van der Waals surface area contributed by atoms with Crippen LogP contribution in [0.1, 0.15) is 103 Å². The number of aldehydes is 1. The average Bonchev–Trinajstić information content (AvgIpc) is 2.82. The molecule has 0 aliphatic heterocycles. The second-order valence-corrected chi connectivity index (χ2v) is 9.52. The molecule has 0 aromatic carbocycles. The monoisotopic (exact) mass is 519 g/mol. The quantitative estimate of drug-likeness (QED) is 0.0509. The number of carbonyl (C=O) groups excluding carboxylic acids is 4. The molecule has 0 amide bonds. The minimum Gasteiger partial charge on any atom is -0.466 e. The Morgan fingerprint density at radius 2 is 0.943 bits per heavy atom. The fourth-order valence-electron chi connectivity index (χ4n) is 3.12. The van der Waals surface area contributed by atoms with E-state index in [9.17, 15) is 23.7 Å². The third-order valence-electron chi connectivity index (χ3n) is 5.10. The van der Waals surface area contributed by atoms with Crippen LogP contribution >= 0.6 is 8.03 Å². The van der Waals surface area contributed by atoms with E-state index in [0.717, 1.165) is 57.7 Å². The van der Waals surface area contributed by atoms with Gasteiger partial charge in [-0.2, -0.15) is 0 Å². The second-order valence-electron chi connectivity index (χ2n) is 8.38. The van der Waals surface area contributed by atoms with E-state index in [1.54, 1.807) is 0 Å². The molecular formula is C25H44O9P+. The highest BCUT2D eigenvalue weighted by atomic mass is 31.1. The molecule has 0 heterocycles. The SMILES string of the molecule is C[P+](=O)OCCCCCC(=O)OCCCCCC(=O)OCCCCCC(=O)OCCCCCC=O. The Morgan fingerprint density at radius 3 is 1.31 bits per heavy atom. The maximum Gasteiger partial charge on any atom is 0.504 e. The van der Waals surface area contributed by atoms with Gasteiger partial charge in [-0.05, 0) is 75.2 Å². The van der Waals surface area contributed by atoms with Gasteiger partial charge in [-0.3, -0.25) is 14.4 Å². The summed E-state index contributed by atoms with van der Waals surface area (Å²) < 4.78 is 31.3. The number of rotatable bonds is 25. The van der Waals surface area contributed by atoms with Gasteiger partial charge < -0.3 is 19.0 Å². The summed E-state index contributed by atoms with van der Waals surface area (Å²) >= 11 is 0. The number of hydrogen-bond acceptors (Lipinski definition) is 9. The third-order valence-corrected chi connectivity index (χ3v) is 5.65. The predicted molar refractivity (Wildman–Crippen MR) is 132 cm³/mol. The number of unbranched alkanes of at least 4 members (excludes halogenated alkanes) is 9. The molecule has 0 rings (SSSR count). The Balaban J connectivity index is 3.38. The van der Waals surface area contributed by atoms with Crippen LogP contribution in [0.2, 0.25) is 0 Å². The van der Waals surface area contributed by atoms with Crippen molar-refractivity contribution >= 4 is 32.2 Å². The Kier molecular flexibility index (Phi) is 23.9. The summed E-state index contributed by atoms with van der Waals surface area (Å²) in [5.74, 6) is -0.653. The first-order valence-corrected chi connectivity index (χ1v) is 14.5. The molecule has 0 fully saturated rings. The lowest BCUT2D eigenvalue weighted by Gasteiger charge is -2.06. The smallest absolute Gasteiger partial charge is 0.466 e. The first kappa shape index (κ1) is 33.1. The Morgan fingerprint density at radius 1 is 0.571 bits per heavy atom. The number of hydrogen-bond donors (Lipinski definition) is 0. The first-order valence-electron chi connectivity index (χ1n) is 12.9. The van der Waals surface area contributed by atoms with Gasteiger partial charge in [-0.15, -0.1) is 4.52 Å². The molecule has 0 aromatic rings. The average molecular weight is 520 g/mol. The maximum atomic E-state index is 11.7. The first-order chi connectivity index (χ1) is 17.0. The van der Waals surface area contributed by atoms with Gasteiger partial charge in [0, 0.05) is 25.7 Å². The van der Waals surface area contributed by atoms with Crippen molar-refractivity contribution in [2.45, 2.75) is 103 Å². The van der Waals surface area contributed by atoms with Crippen LogP contribution in [0.15, 0.2) is 0 Å². The van der Waals surface area contributed by atoms with Gasteiger partial charge in [0.2, 0.25) is 0 Å². The molecule has 0 radical (unpaired) electrons. The van der Waals surface area contributed by atoms with Crippen LogP contribution in [-0.2, 0) is 42.5 Å². The predicted octanol–water partition coefficient (Wildman–Crippen LogP) is 5.45. The van der Waals surface area contributed by atoms with E-state index in [1.165, 1.54) is 6.66 Å². The summed E-state index contributed by atoms with van der Waals surface area (Å²) in [6.07, 6.45) is 11.8. The second kappa shape index (κ2) is 25.2. The van der Waals surface area contributed by atoms with Crippen molar-refractivity contribution in [1.82, 2.24) is 0 Å². The third kappa shape index (κ3) is 26.6. The summed E-state index contributed by atoms with van der Waals surface area (Å²) in [7, 11) is -1.55. The zero-order chi connectivity index (χ0) is 26.0. The zero-order valence-electron chi connectivity index (χ0n) is 21.3. The molecule has 9 nitrogen and oxygen atoms in total. The molecule has 0 spiro atoms. The Bertz CT molecular complexity index is 595. The van der Waals surface area contributed by atoms with E-state index in [0.29, 0.717) is 77.8 Å². The van der Waals surface area contributed by atoms with Crippen molar-refractivity contribution in [2.75, 3.05) is 33.1 Å². The lowest BCUT2D eigenvalue weighted by atomic mass is 10.2. The molecule has 10 heteroatoms. The van der Waals surface area contributed by atoms with Crippen LogP contribution in [-0.4, -0.2) is 57.3 Å². The van der Waals surface area contributed by atoms with Crippen LogP contribution in [0.25, 0.3) is 0 Å². The molecule has 35 heavy (non-hydrogen) atoms. The normalized spacial score (nSPS) is 11.1. The van der Waals surface area contributed by atoms with Gasteiger partial charge in [0.05, 0.1) is 19.8 Å². The Hall–Kier alpha value is -1.86. The van der Waals surface area contributed by atoms with E-state index >= 15 is 0 Å². The molecule has 202 valence electrons. The van der Waals surface area contributed by atoms with Crippen LogP contribution in [0, 0.1) is 0 Å². The van der Waals surface area contributed by atoms with Gasteiger partial charge >= 0.3 is 25.9 Å². The highest BCUT2D eigenvalue weighted by Gasteiger charge is 2.07. The van der Waals surface area contributed by atoms with Crippen molar-refractivity contribution < 1.29 is 42.5 Å². The molecule has 1 atom stereocenters. The van der Waals surface area contributed by atoms with Crippen molar-refractivity contribution in [3.8, 4) is 0 Å². The van der Waals surface area contributed by atoms with Gasteiger partial charge in [0.25, 0.3) is 0 Å². The van der Waals surface area contributed by atoms with Gasteiger partial charge in [-0.1, -0.05) is 6.42 Å².